The van der Waals surface area contributed by atoms with Gasteiger partial charge in [-0.2, -0.15) is 0 Å². The van der Waals surface area contributed by atoms with Crippen LogP contribution in [0, 0.1) is 0 Å². The van der Waals surface area contributed by atoms with Crippen LogP contribution in [0.15, 0.2) is 83.5 Å². The van der Waals surface area contributed by atoms with E-state index >= 15 is 0 Å². The lowest BCUT2D eigenvalue weighted by Crippen LogP contribution is -2.14. The molecule has 3 aromatic heterocycles. The van der Waals surface area contributed by atoms with Crippen LogP contribution in [0.2, 0.25) is 0 Å². The van der Waals surface area contributed by atoms with Gasteiger partial charge in [-0.25, -0.2) is 19.7 Å². The molecule has 2 aromatic carbocycles. The number of fused-ring (bicyclic) bond motifs is 1. The van der Waals surface area contributed by atoms with Crippen molar-refractivity contribution in [3.05, 3.63) is 84.7 Å². The second-order valence-electron chi connectivity index (χ2n) is 7.48. The van der Waals surface area contributed by atoms with Crippen LogP contribution in [0.25, 0.3) is 33.6 Å². The van der Waals surface area contributed by atoms with Gasteiger partial charge >= 0.3 is 5.97 Å². The van der Waals surface area contributed by atoms with Gasteiger partial charge in [-0.05, 0) is 36.2 Å². The summed E-state index contributed by atoms with van der Waals surface area (Å²) in [5, 5.41) is 4.70. The number of anilines is 2. The van der Waals surface area contributed by atoms with E-state index in [-0.39, 0.29) is 18.1 Å². The summed E-state index contributed by atoms with van der Waals surface area (Å²) in [5.41, 5.74) is 2.83. The number of hydrogen-bond donors (Lipinski definition) is 0. The van der Waals surface area contributed by atoms with Crippen molar-refractivity contribution in [2.75, 3.05) is 18.6 Å². The van der Waals surface area contributed by atoms with Gasteiger partial charge in [-0.1, -0.05) is 53.7 Å². The van der Waals surface area contributed by atoms with E-state index in [0.29, 0.717) is 11.6 Å². The third-order valence-corrected chi connectivity index (χ3v) is 5.31. The predicted octanol–water partition coefficient (Wildman–Crippen LogP) is 5.29. The Balaban J connectivity index is 1.72. The molecular formula is C26H21N5O3. The molecule has 0 aliphatic carbocycles. The standard InChI is InChI=1S/C26H21N5O3/c1-3-33-26(32)20-16-21(34-30-20)24-28-19-13-9-12-18(17-10-5-4-6-11-17)23(19)25(29-24)31(2)22-14-7-8-15-27-22/h4-16H,3H2,1-2H3. The van der Waals surface area contributed by atoms with Crippen LogP contribution in [0.5, 0.6) is 0 Å². The lowest BCUT2D eigenvalue weighted by atomic mass is 10.0. The maximum absolute atomic E-state index is 12.1. The zero-order valence-electron chi connectivity index (χ0n) is 18.7. The zero-order valence-corrected chi connectivity index (χ0v) is 18.7. The quantitative estimate of drug-likeness (QED) is 0.321. The van der Waals surface area contributed by atoms with Gasteiger partial charge in [-0.15, -0.1) is 0 Å². The predicted molar refractivity (Wildman–Crippen MR) is 129 cm³/mol. The number of carbonyl (C=O) groups excluding carboxylic acids is 1. The first-order valence-electron chi connectivity index (χ1n) is 10.8. The summed E-state index contributed by atoms with van der Waals surface area (Å²) in [7, 11) is 1.90. The van der Waals surface area contributed by atoms with Crippen molar-refractivity contribution in [1.82, 2.24) is 20.1 Å². The molecule has 0 N–H and O–H groups in total. The summed E-state index contributed by atoms with van der Waals surface area (Å²) in [6, 6.07) is 23.2. The molecule has 0 aliphatic rings. The van der Waals surface area contributed by atoms with E-state index in [1.807, 2.05) is 66.5 Å². The van der Waals surface area contributed by atoms with E-state index in [2.05, 4.69) is 22.3 Å². The van der Waals surface area contributed by atoms with Gasteiger partial charge in [0.05, 0.1) is 17.5 Å². The van der Waals surface area contributed by atoms with Gasteiger partial charge in [0.25, 0.3) is 0 Å². The van der Waals surface area contributed by atoms with Gasteiger partial charge in [-0.3, -0.25) is 0 Å². The molecule has 0 bridgehead atoms. The molecule has 5 aromatic rings. The Morgan fingerprint density at radius 3 is 2.59 bits per heavy atom. The van der Waals surface area contributed by atoms with Crippen molar-refractivity contribution in [1.29, 1.82) is 0 Å². The summed E-state index contributed by atoms with van der Waals surface area (Å²) in [4.78, 5) is 28.0. The highest BCUT2D eigenvalue weighted by Gasteiger charge is 2.21. The van der Waals surface area contributed by atoms with Crippen LogP contribution in [0.3, 0.4) is 0 Å². The molecule has 0 atom stereocenters. The van der Waals surface area contributed by atoms with Gasteiger partial charge < -0.3 is 14.2 Å². The highest BCUT2D eigenvalue weighted by Crippen LogP contribution is 2.37. The minimum Gasteiger partial charge on any atom is -0.461 e. The van der Waals surface area contributed by atoms with E-state index in [1.54, 1.807) is 13.1 Å². The highest BCUT2D eigenvalue weighted by atomic mass is 16.5. The molecular weight excluding hydrogens is 430 g/mol. The number of esters is 1. The normalized spacial score (nSPS) is 10.9. The molecule has 0 saturated carbocycles. The molecule has 0 saturated heterocycles. The minimum atomic E-state index is -0.560. The maximum atomic E-state index is 12.1. The molecule has 0 radical (unpaired) electrons. The second-order valence-corrected chi connectivity index (χ2v) is 7.48. The fourth-order valence-electron chi connectivity index (χ4n) is 3.72. The van der Waals surface area contributed by atoms with Crippen LogP contribution in [-0.2, 0) is 4.74 Å². The van der Waals surface area contributed by atoms with Crippen molar-refractivity contribution in [3.63, 3.8) is 0 Å². The lowest BCUT2D eigenvalue weighted by molar-refractivity contribution is 0.0514. The van der Waals surface area contributed by atoms with Crippen LogP contribution in [0.1, 0.15) is 17.4 Å². The molecule has 5 rings (SSSR count). The highest BCUT2D eigenvalue weighted by molar-refractivity contribution is 6.03. The summed E-state index contributed by atoms with van der Waals surface area (Å²) < 4.78 is 10.4. The number of rotatable bonds is 6. The van der Waals surface area contributed by atoms with Gasteiger partial charge in [0.1, 0.15) is 11.6 Å². The molecule has 8 heteroatoms. The van der Waals surface area contributed by atoms with Crippen molar-refractivity contribution in [2.45, 2.75) is 6.92 Å². The number of pyridine rings is 1. The van der Waals surface area contributed by atoms with Gasteiger partial charge in [0, 0.05) is 19.3 Å². The second kappa shape index (κ2) is 9.11. The number of ether oxygens (including phenoxy) is 1. The monoisotopic (exact) mass is 451 g/mol. The van der Waals surface area contributed by atoms with Crippen LogP contribution in [0.4, 0.5) is 11.6 Å². The molecule has 0 fully saturated rings. The van der Waals surface area contributed by atoms with Gasteiger partial charge in [0.15, 0.2) is 5.69 Å². The number of hydrogen-bond acceptors (Lipinski definition) is 8. The third kappa shape index (κ3) is 3.97. The third-order valence-electron chi connectivity index (χ3n) is 5.31. The van der Waals surface area contributed by atoms with E-state index in [1.165, 1.54) is 6.07 Å². The summed E-state index contributed by atoms with van der Waals surface area (Å²) in [6.45, 7) is 1.98. The average molecular weight is 451 g/mol. The van der Waals surface area contributed by atoms with E-state index in [9.17, 15) is 4.79 Å². The van der Waals surface area contributed by atoms with Crippen LogP contribution >= 0.6 is 0 Å². The first-order chi connectivity index (χ1) is 16.7. The largest absolute Gasteiger partial charge is 0.461 e. The SMILES string of the molecule is CCOC(=O)c1cc(-c2nc(N(C)c3ccccn3)c3c(-c4ccccc4)cccc3n2)on1. The van der Waals surface area contributed by atoms with E-state index in [0.717, 1.165) is 27.8 Å². The van der Waals surface area contributed by atoms with Crippen molar-refractivity contribution in [2.24, 2.45) is 0 Å². The summed E-state index contributed by atoms with van der Waals surface area (Å²) in [5.74, 6) is 1.38. The Hall–Kier alpha value is -4.59. The van der Waals surface area contributed by atoms with E-state index in [4.69, 9.17) is 19.2 Å². The average Bonchev–Trinajstić information content (AvgIpc) is 3.39. The summed E-state index contributed by atoms with van der Waals surface area (Å²) in [6.07, 6.45) is 1.73. The summed E-state index contributed by atoms with van der Waals surface area (Å²) >= 11 is 0. The molecule has 0 spiro atoms. The zero-order chi connectivity index (χ0) is 23.5. The Bertz CT molecular complexity index is 1450. The Kier molecular flexibility index (Phi) is 5.70. The maximum Gasteiger partial charge on any atom is 0.360 e. The Morgan fingerprint density at radius 1 is 1.00 bits per heavy atom. The molecule has 34 heavy (non-hydrogen) atoms. The molecule has 0 unspecified atom stereocenters. The number of nitrogens with zero attached hydrogens (tertiary/aromatic N) is 5. The fourth-order valence-corrected chi connectivity index (χ4v) is 3.72. The molecule has 168 valence electrons. The van der Waals surface area contributed by atoms with Crippen molar-refractivity contribution in [3.8, 4) is 22.7 Å². The first kappa shape index (κ1) is 21.3. The van der Waals surface area contributed by atoms with Crippen molar-refractivity contribution >= 4 is 28.5 Å². The van der Waals surface area contributed by atoms with E-state index < -0.39 is 5.97 Å². The molecule has 0 aliphatic heterocycles. The number of aromatic nitrogens is 4. The van der Waals surface area contributed by atoms with Crippen molar-refractivity contribution < 1.29 is 14.1 Å². The van der Waals surface area contributed by atoms with Gasteiger partial charge in [0.2, 0.25) is 11.6 Å². The minimum absolute atomic E-state index is 0.0678. The smallest absolute Gasteiger partial charge is 0.360 e. The van der Waals surface area contributed by atoms with Crippen LogP contribution in [-0.4, -0.2) is 39.7 Å². The number of carbonyl (C=O) groups is 1. The van der Waals surface area contributed by atoms with Crippen LogP contribution < -0.4 is 4.90 Å². The Morgan fingerprint density at radius 2 is 1.82 bits per heavy atom. The lowest BCUT2D eigenvalue weighted by Gasteiger charge is -2.21. The fraction of sp³-hybridized carbons (Fsp3) is 0.115. The Labute approximate surface area is 195 Å². The topological polar surface area (TPSA) is 94.2 Å². The molecule has 0 amide bonds. The molecule has 8 nitrogen and oxygen atoms in total. The molecule has 3 heterocycles. The number of benzene rings is 2. The first-order valence-corrected chi connectivity index (χ1v) is 10.8.